The third kappa shape index (κ3) is 2.99. The molecule has 3 rings (SSSR count). The first-order chi connectivity index (χ1) is 10.3. The maximum atomic E-state index is 6.06. The van der Waals surface area contributed by atoms with Gasteiger partial charge in [-0.25, -0.2) is 0 Å². The first-order valence-electron chi connectivity index (χ1n) is 8.18. The van der Waals surface area contributed by atoms with E-state index in [2.05, 4.69) is 54.6 Å². The summed E-state index contributed by atoms with van der Waals surface area (Å²) in [7, 11) is 0. The molecule has 1 unspecified atom stereocenters. The highest BCUT2D eigenvalue weighted by Gasteiger charge is 2.34. The van der Waals surface area contributed by atoms with E-state index in [1.54, 1.807) is 0 Å². The number of benzene rings is 1. The number of para-hydroxylation sites is 1. The second kappa shape index (κ2) is 6.20. The highest BCUT2D eigenvalue weighted by Crippen LogP contribution is 2.31. The van der Waals surface area contributed by atoms with E-state index in [1.165, 1.54) is 16.5 Å². The molecule has 2 aromatic rings. The summed E-state index contributed by atoms with van der Waals surface area (Å²) in [4.78, 5) is 3.35. The fourth-order valence-corrected chi connectivity index (χ4v) is 3.48. The Morgan fingerprint density at radius 3 is 2.90 bits per heavy atom. The van der Waals surface area contributed by atoms with Gasteiger partial charge in [-0.2, -0.15) is 0 Å². The van der Waals surface area contributed by atoms with Gasteiger partial charge in [0.2, 0.25) is 0 Å². The zero-order chi connectivity index (χ0) is 14.7. The van der Waals surface area contributed by atoms with Crippen LogP contribution in [-0.4, -0.2) is 23.2 Å². The number of hydrogen-bond donors (Lipinski definition) is 2. The van der Waals surface area contributed by atoms with E-state index in [9.17, 15) is 0 Å². The van der Waals surface area contributed by atoms with Crippen LogP contribution < -0.4 is 5.32 Å². The quantitative estimate of drug-likeness (QED) is 0.872. The van der Waals surface area contributed by atoms with Gasteiger partial charge in [-0.1, -0.05) is 32.0 Å². The Labute approximate surface area is 127 Å². The summed E-state index contributed by atoms with van der Waals surface area (Å²) in [5.74, 6) is 0. The average molecular weight is 286 g/mol. The number of ether oxygens (including phenoxy) is 1. The van der Waals surface area contributed by atoms with Crippen LogP contribution in [-0.2, 0) is 11.3 Å². The molecule has 1 fully saturated rings. The van der Waals surface area contributed by atoms with Crippen molar-refractivity contribution >= 4 is 10.9 Å². The van der Waals surface area contributed by atoms with E-state index in [1.807, 2.05) is 0 Å². The molecule has 0 saturated carbocycles. The fourth-order valence-electron chi connectivity index (χ4n) is 3.48. The number of hydrogen-bond acceptors (Lipinski definition) is 2. The molecule has 1 aliphatic heterocycles. The number of rotatable bonds is 5. The normalized spacial score (nSPS) is 21.7. The van der Waals surface area contributed by atoms with Gasteiger partial charge in [-0.3, -0.25) is 0 Å². The molecule has 0 spiro atoms. The van der Waals surface area contributed by atoms with Crippen molar-refractivity contribution in [3.8, 4) is 0 Å². The van der Waals surface area contributed by atoms with E-state index in [4.69, 9.17) is 4.74 Å². The predicted molar refractivity (Wildman–Crippen MR) is 87.4 cm³/mol. The largest absolute Gasteiger partial charge is 0.375 e. The lowest BCUT2D eigenvalue weighted by Crippen LogP contribution is -2.46. The standard InChI is InChI=1S/C18H26N2O/c1-3-18(4-2)11-15(9-10-21-18)19-12-14-13-20-17-8-6-5-7-16(14)17/h5-8,13,15,19-20H,3-4,9-12H2,1-2H3. The topological polar surface area (TPSA) is 37.0 Å². The summed E-state index contributed by atoms with van der Waals surface area (Å²) < 4.78 is 6.06. The third-order valence-corrected chi connectivity index (χ3v) is 5.04. The van der Waals surface area contributed by atoms with Crippen molar-refractivity contribution < 1.29 is 4.74 Å². The van der Waals surface area contributed by atoms with Gasteiger partial charge < -0.3 is 15.0 Å². The third-order valence-electron chi connectivity index (χ3n) is 5.04. The van der Waals surface area contributed by atoms with Gasteiger partial charge in [-0.05, 0) is 37.3 Å². The Balaban J connectivity index is 1.65. The van der Waals surface area contributed by atoms with E-state index in [-0.39, 0.29) is 5.60 Å². The summed E-state index contributed by atoms with van der Waals surface area (Å²) in [5.41, 5.74) is 2.67. The molecule has 0 amide bonds. The van der Waals surface area contributed by atoms with Crippen LogP contribution >= 0.6 is 0 Å². The number of nitrogens with one attached hydrogen (secondary N) is 2. The van der Waals surface area contributed by atoms with Crippen molar-refractivity contribution in [3.05, 3.63) is 36.0 Å². The van der Waals surface area contributed by atoms with Crippen molar-refractivity contribution in [1.82, 2.24) is 10.3 Å². The molecule has 3 heteroatoms. The van der Waals surface area contributed by atoms with Crippen LogP contribution in [0.5, 0.6) is 0 Å². The molecule has 0 aliphatic carbocycles. The Morgan fingerprint density at radius 1 is 1.29 bits per heavy atom. The molecule has 2 heterocycles. The van der Waals surface area contributed by atoms with Gasteiger partial charge >= 0.3 is 0 Å². The van der Waals surface area contributed by atoms with Crippen LogP contribution in [0.4, 0.5) is 0 Å². The van der Waals surface area contributed by atoms with E-state index >= 15 is 0 Å². The summed E-state index contributed by atoms with van der Waals surface area (Å²) in [5, 5.41) is 5.07. The summed E-state index contributed by atoms with van der Waals surface area (Å²) in [6.07, 6.45) is 6.58. The lowest BCUT2D eigenvalue weighted by molar-refractivity contribution is -0.0932. The minimum Gasteiger partial charge on any atom is -0.375 e. The molecule has 1 aromatic carbocycles. The SMILES string of the molecule is CCC1(CC)CC(NCc2c[nH]c3ccccc23)CCO1. The maximum Gasteiger partial charge on any atom is 0.0692 e. The van der Waals surface area contributed by atoms with E-state index < -0.39 is 0 Å². The van der Waals surface area contributed by atoms with Gasteiger partial charge in [0.05, 0.1) is 5.60 Å². The summed E-state index contributed by atoms with van der Waals surface area (Å²) in [6.45, 7) is 6.29. The van der Waals surface area contributed by atoms with E-state index in [0.717, 1.165) is 38.8 Å². The summed E-state index contributed by atoms with van der Waals surface area (Å²) in [6, 6.07) is 9.06. The number of aromatic amines is 1. The molecule has 1 saturated heterocycles. The van der Waals surface area contributed by atoms with Crippen molar-refractivity contribution in [2.24, 2.45) is 0 Å². The molecule has 1 atom stereocenters. The molecule has 3 nitrogen and oxygen atoms in total. The number of aromatic nitrogens is 1. The highest BCUT2D eigenvalue weighted by atomic mass is 16.5. The van der Waals surface area contributed by atoms with Crippen LogP contribution in [0.3, 0.4) is 0 Å². The first-order valence-corrected chi connectivity index (χ1v) is 8.18. The van der Waals surface area contributed by atoms with Crippen LogP contribution in [0.15, 0.2) is 30.5 Å². The van der Waals surface area contributed by atoms with Crippen LogP contribution in [0.25, 0.3) is 10.9 Å². The first kappa shape index (κ1) is 14.6. The van der Waals surface area contributed by atoms with Crippen molar-refractivity contribution in [1.29, 1.82) is 0 Å². The number of H-pyrrole nitrogens is 1. The second-order valence-electron chi connectivity index (χ2n) is 6.17. The van der Waals surface area contributed by atoms with E-state index in [0.29, 0.717) is 6.04 Å². The average Bonchev–Trinajstić information content (AvgIpc) is 2.96. The molecule has 21 heavy (non-hydrogen) atoms. The molecule has 2 N–H and O–H groups in total. The summed E-state index contributed by atoms with van der Waals surface area (Å²) >= 11 is 0. The Bertz CT molecular complexity index is 586. The van der Waals surface area contributed by atoms with Gasteiger partial charge in [0, 0.05) is 36.3 Å². The highest BCUT2D eigenvalue weighted by molar-refractivity contribution is 5.82. The molecular weight excluding hydrogens is 260 g/mol. The fraction of sp³-hybridized carbons (Fsp3) is 0.556. The zero-order valence-corrected chi connectivity index (χ0v) is 13.1. The molecule has 1 aromatic heterocycles. The molecule has 114 valence electrons. The lowest BCUT2D eigenvalue weighted by Gasteiger charge is -2.40. The molecular formula is C18H26N2O. The van der Waals surface area contributed by atoms with Crippen LogP contribution in [0, 0.1) is 0 Å². The zero-order valence-electron chi connectivity index (χ0n) is 13.1. The Kier molecular flexibility index (Phi) is 4.32. The Hall–Kier alpha value is -1.32. The van der Waals surface area contributed by atoms with Gasteiger partial charge in [0.15, 0.2) is 0 Å². The van der Waals surface area contributed by atoms with Crippen LogP contribution in [0.1, 0.15) is 45.1 Å². The van der Waals surface area contributed by atoms with Crippen LogP contribution in [0.2, 0.25) is 0 Å². The monoisotopic (exact) mass is 286 g/mol. The minimum atomic E-state index is 0.0934. The molecule has 0 radical (unpaired) electrons. The lowest BCUT2D eigenvalue weighted by atomic mass is 9.86. The number of fused-ring (bicyclic) bond motifs is 1. The minimum absolute atomic E-state index is 0.0934. The Morgan fingerprint density at radius 2 is 2.10 bits per heavy atom. The second-order valence-corrected chi connectivity index (χ2v) is 6.17. The maximum absolute atomic E-state index is 6.06. The van der Waals surface area contributed by atoms with Gasteiger partial charge in [0.25, 0.3) is 0 Å². The van der Waals surface area contributed by atoms with Gasteiger partial charge in [0.1, 0.15) is 0 Å². The van der Waals surface area contributed by atoms with Crippen molar-refractivity contribution in [3.63, 3.8) is 0 Å². The van der Waals surface area contributed by atoms with Crippen molar-refractivity contribution in [2.45, 2.75) is 57.7 Å². The molecule has 1 aliphatic rings. The smallest absolute Gasteiger partial charge is 0.0692 e. The van der Waals surface area contributed by atoms with Crippen molar-refractivity contribution in [2.75, 3.05) is 6.61 Å². The predicted octanol–water partition coefficient (Wildman–Crippen LogP) is 4.00. The van der Waals surface area contributed by atoms with Gasteiger partial charge in [-0.15, -0.1) is 0 Å². The molecule has 0 bridgehead atoms.